The number of benzene rings is 18. The molecule has 0 saturated heterocycles. The Labute approximate surface area is 655 Å². The van der Waals surface area contributed by atoms with Crippen molar-refractivity contribution in [1.82, 2.24) is 28.7 Å². The normalized spacial score (nSPS) is 13.3. The summed E-state index contributed by atoms with van der Waals surface area (Å²) >= 11 is 0. The zero-order valence-corrected chi connectivity index (χ0v) is 59.8. The van der Waals surface area contributed by atoms with Crippen LogP contribution in [0.15, 0.2) is 322 Å². The van der Waals surface area contributed by atoms with E-state index < -0.39 is 70.9 Å². The Kier molecular flexibility index (Phi) is 12.4. The minimum absolute atomic E-state index is 0.0449. The summed E-state index contributed by atoms with van der Waals surface area (Å²) in [5, 5.41) is 23.1. The van der Waals surface area contributed by atoms with E-state index in [9.17, 15) is 22.0 Å². The molecule has 0 aliphatic rings. The zero-order chi connectivity index (χ0) is 84.3. The van der Waals surface area contributed by atoms with Gasteiger partial charge in [0.25, 0.3) is 0 Å². The third kappa shape index (κ3) is 9.75. The van der Waals surface area contributed by atoms with Crippen LogP contribution >= 0.6 is 0 Å². The molecule has 6 aromatic heterocycles. The van der Waals surface area contributed by atoms with Crippen molar-refractivity contribution in [2.75, 3.05) is 7.11 Å². The molecular weight excluding hydrogens is 1410 g/mol. The molecule has 0 N–H and O–H groups in total. The molecular formula is C101H59F5N6O. The van der Waals surface area contributed by atoms with Crippen LogP contribution in [0.1, 0.15) is 19.3 Å². The molecule has 0 amide bonds. The number of fused-ring (bicyclic) bond motifs is 12. The number of pyridine rings is 3. The molecule has 0 saturated carbocycles. The average Bonchev–Trinajstić information content (AvgIpc) is 1.58. The molecule has 24 rings (SSSR count). The number of aromatic nitrogens is 6. The highest BCUT2D eigenvalue weighted by molar-refractivity contribution is 6.37. The number of halogens is 5. The second-order valence-electron chi connectivity index (χ2n) is 28.4. The Bertz CT molecular complexity index is 8640. The van der Waals surface area contributed by atoms with Crippen LogP contribution in [0.25, 0.3) is 213 Å². The first-order valence-electron chi connectivity index (χ1n) is 41.6. The second-order valence-corrected chi connectivity index (χ2v) is 28.4. The SMILES string of the molecule is COc1cc(C)cc(-n2c3ccncc3c3c4ccc5ccc(-c6ccccc6)c6ccc(cc32)c4c56)c1.Fc1c(F)c(F)c(-c2ccc3ccc4c5c(ccc2c35)cc2c4c3cnccc3n2-c2ccccc2)c(F)c1F.[2H]c1c([2H])c([2H])c(-c2ccc3ccc4c5c(ccc2c35)cc2c4c3cnccc3n2-c2c([2H])c([2H])c([2H])c([2H])c2[2H])c([2H])c1[2H]. The molecule has 0 bridgehead atoms. The molecule has 0 aliphatic heterocycles. The lowest BCUT2D eigenvalue weighted by atomic mass is 9.88. The number of aryl methyl sites for hydroxylation is 1. The van der Waals surface area contributed by atoms with E-state index in [0.717, 1.165) is 120 Å². The van der Waals surface area contributed by atoms with E-state index >= 15 is 0 Å². The maximum absolute atomic E-state index is 14.9. The average molecular weight is 1480 g/mol. The fourth-order valence-electron chi connectivity index (χ4n) is 17.9. The summed E-state index contributed by atoms with van der Waals surface area (Å²) in [6.07, 6.45) is 10.8. The maximum Gasteiger partial charge on any atom is 0.200 e. The van der Waals surface area contributed by atoms with Gasteiger partial charge < -0.3 is 18.4 Å². The standard InChI is InChI=1S/C35H24N2O.C33H15F5N2.C33H20N2/c1-21-16-25(19-26(17-21)38-2)37-31-14-15-36-20-30(31)35-29-13-9-23-8-11-27(22-6-4-3-5-7-22)28-12-10-24(18-32(35)37)34(29)33(23)28;34-29-28(30(35)32(37)33(38)31(29)36)20-9-6-16-7-11-21-26-17(8-10-19(20)25(16)26)14-24-27(21)22-15-39-13-12-23(22)40(24)18-4-2-1-3-5-18;1-3-7-21(8-4-1)25-14-11-22-12-16-27-32-23(13-15-26(25)31(22)32)19-30-33(27)28-20-34-18-17-29(28)35(30)24-9-5-2-6-10-24/h3-20H,1-2H3;1-15H;1-20H/i;;1D,2D,3D,4D,5D,6D,7D,8D,9D,10D. The smallest absolute Gasteiger partial charge is 0.200 e. The number of para-hydroxylation sites is 2. The summed E-state index contributed by atoms with van der Waals surface area (Å²) in [6, 6.07) is 71.1. The summed E-state index contributed by atoms with van der Waals surface area (Å²) in [7, 11) is 1.73. The van der Waals surface area contributed by atoms with Gasteiger partial charge in [-0.25, -0.2) is 22.0 Å². The highest BCUT2D eigenvalue weighted by Gasteiger charge is 2.30. The van der Waals surface area contributed by atoms with E-state index in [-0.39, 0.29) is 41.0 Å². The van der Waals surface area contributed by atoms with Crippen LogP contribution in [0.5, 0.6) is 5.75 Å². The van der Waals surface area contributed by atoms with Crippen LogP contribution in [0.2, 0.25) is 0 Å². The van der Waals surface area contributed by atoms with Crippen molar-refractivity contribution in [2.45, 2.75) is 6.92 Å². The van der Waals surface area contributed by atoms with Gasteiger partial charge in [0, 0.05) is 86.9 Å². The molecule has 0 atom stereocenters. The van der Waals surface area contributed by atoms with Crippen molar-refractivity contribution in [2.24, 2.45) is 0 Å². The number of hydrogen-bond donors (Lipinski definition) is 0. The minimum Gasteiger partial charge on any atom is -0.497 e. The summed E-state index contributed by atoms with van der Waals surface area (Å²) < 4.78 is 168. The third-order valence-electron chi connectivity index (χ3n) is 22.5. The van der Waals surface area contributed by atoms with E-state index in [1.807, 2.05) is 110 Å². The van der Waals surface area contributed by atoms with Crippen LogP contribution in [0.4, 0.5) is 22.0 Å². The lowest BCUT2D eigenvalue weighted by Gasteiger charge is -2.16. The number of hydrogen-bond acceptors (Lipinski definition) is 4. The van der Waals surface area contributed by atoms with Gasteiger partial charge in [-0.1, -0.05) is 206 Å². The highest BCUT2D eigenvalue weighted by Crippen LogP contribution is 2.50. The third-order valence-corrected chi connectivity index (χ3v) is 22.5. The predicted molar refractivity (Wildman–Crippen MR) is 454 cm³/mol. The molecule has 24 aromatic rings. The molecule has 0 spiro atoms. The molecule has 0 fully saturated rings. The lowest BCUT2D eigenvalue weighted by molar-refractivity contribution is 0.381. The Morgan fingerprint density at radius 1 is 0.292 bits per heavy atom. The topological polar surface area (TPSA) is 62.7 Å². The molecule has 7 nitrogen and oxygen atoms in total. The van der Waals surface area contributed by atoms with E-state index in [1.165, 1.54) is 60.4 Å². The van der Waals surface area contributed by atoms with Gasteiger partial charge in [-0.2, -0.15) is 0 Å². The van der Waals surface area contributed by atoms with Gasteiger partial charge in [-0.3, -0.25) is 15.0 Å². The van der Waals surface area contributed by atoms with Crippen LogP contribution in [-0.4, -0.2) is 35.8 Å². The molecule has 0 unspecified atom stereocenters. The molecule has 12 heteroatoms. The van der Waals surface area contributed by atoms with Crippen LogP contribution < -0.4 is 4.74 Å². The van der Waals surface area contributed by atoms with Crippen molar-refractivity contribution in [1.29, 1.82) is 0 Å². The van der Waals surface area contributed by atoms with Crippen molar-refractivity contribution in [3.63, 3.8) is 0 Å². The van der Waals surface area contributed by atoms with Crippen molar-refractivity contribution in [3.8, 4) is 56.2 Å². The quantitative estimate of drug-likeness (QED) is 0.0690. The van der Waals surface area contributed by atoms with E-state index in [0.29, 0.717) is 27.4 Å². The predicted octanol–water partition coefficient (Wildman–Crippen LogP) is 27.2. The second kappa shape index (κ2) is 25.2. The number of ether oxygens (including phenoxy) is 1. The van der Waals surface area contributed by atoms with Crippen molar-refractivity contribution >= 4 is 162 Å². The summed E-state index contributed by atoms with van der Waals surface area (Å²) in [5.41, 5.74) is 11.0. The van der Waals surface area contributed by atoms with Gasteiger partial charge in [0.1, 0.15) is 5.75 Å². The summed E-state index contributed by atoms with van der Waals surface area (Å²) in [4.78, 5) is 13.3. The monoisotopic (exact) mass is 1480 g/mol. The first-order chi connectivity index (χ1) is 59.7. The summed E-state index contributed by atoms with van der Waals surface area (Å²) in [6.45, 7) is 2.11. The Morgan fingerprint density at radius 3 is 1.13 bits per heavy atom. The molecule has 534 valence electrons. The summed E-state index contributed by atoms with van der Waals surface area (Å²) in [5.74, 6) is -8.97. The molecule has 6 heterocycles. The maximum atomic E-state index is 14.9. The Balaban J connectivity index is 0.000000110. The number of methoxy groups -OCH3 is 1. The van der Waals surface area contributed by atoms with E-state index in [2.05, 4.69) is 134 Å². The first kappa shape index (κ1) is 55.7. The Morgan fingerprint density at radius 2 is 0.664 bits per heavy atom. The fourth-order valence-corrected chi connectivity index (χ4v) is 17.9. The molecule has 113 heavy (non-hydrogen) atoms. The van der Waals surface area contributed by atoms with Crippen molar-refractivity contribution in [3.05, 3.63) is 357 Å². The number of nitrogens with zero attached hydrogens (tertiary/aromatic N) is 6. The van der Waals surface area contributed by atoms with Gasteiger partial charge in [-0.15, -0.1) is 0 Å². The number of rotatable bonds is 7. The molecule has 18 aromatic carbocycles. The van der Waals surface area contributed by atoms with Gasteiger partial charge in [0.05, 0.1) is 65.2 Å². The van der Waals surface area contributed by atoms with Gasteiger partial charge >= 0.3 is 0 Å². The molecule has 0 radical (unpaired) electrons. The van der Waals surface area contributed by atoms with Crippen LogP contribution in [-0.2, 0) is 0 Å². The van der Waals surface area contributed by atoms with E-state index in [4.69, 9.17) is 18.4 Å². The van der Waals surface area contributed by atoms with E-state index in [1.54, 1.807) is 54.5 Å². The van der Waals surface area contributed by atoms with Gasteiger partial charge in [0.2, 0.25) is 5.82 Å². The molecule has 0 aliphatic carbocycles. The van der Waals surface area contributed by atoms with Crippen LogP contribution in [0.3, 0.4) is 0 Å². The van der Waals surface area contributed by atoms with Crippen molar-refractivity contribution < 1.29 is 40.4 Å². The first-order valence-corrected chi connectivity index (χ1v) is 36.6. The zero-order valence-electron chi connectivity index (χ0n) is 69.8. The highest BCUT2D eigenvalue weighted by atomic mass is 19.2. The largest absolute Gasteiger partial charge is 0.497 e. The van der Waals surface area contributed by atoms with Crippen LogP contribution in [0, 0.1) is 36.0 Å². The Hall–Kier alpha value is -14.6. The minimum atomic E-state index is -2.18. The van der Waals surface area contributed by atoms with Gasteiger partial charge in [-0.05, 0) is 210 Å². The van der Waals surface area contributed by atoms with Gasteiger partial charge in [0.15, 0.2) is 23.3 Å². The lowest BCUT2D eigenvalue weighted by Crippen LogP contribution is -2.04. The fraction of sp³-hybridized carbons (Fsp3) is 0.0198.